The van der Waals surface area contributed by atoms with Gasteiger partial charge in [-0.15, -0.1) is 0 Å². The van der Waals surface area contributed by atoms with Crippen molar-refractivity contribution in [2.45, 2.75) is 49.7 Å². The van der Waals surface area contributed by atoms with Gasteiger partial charge in [-0.1, -0.05) is 73.9 Å². The van der Waals surface area contributed by atoms with E-state index >= 15 is 0 Å². The summed E-state index contributed by atoms with van der Waals surface area (Å²) in [4.78, 5) is 12.8. The van der Waals surface area contributed by atoms with Crippen LogP contribution in [0.15, 0.2) is 69.9 Å². The standard InChI is InChI=1S/C25H28O3S/c26-22-16-23(20-12-6-2-7-13-20)28-24(27)21(22)17-25(14-8-3-9-15-25)29-18-19-10-4-1-5-11-19/h2-3,6-9,12-14,16,19,26H,1,4-5,10-11,15,17-18H2. The summed E-state index contributed by atoms with van der Waals surface area (Å²) in [6, 6.07) is 11.0. The van der Waals surface area contributed by atoms with E-state index in [2.05, 4.69) is 24.3 Å². The fourth-order valence-corrected chi connectivity index (χ4v) is 5.82. The number of benzene rings is 1. The van der Waals surface area contributed by atoms with Gasteiger partial charge in [0.2, 0.25) is 0 Å². The van der Waals surface area contributed by atoms with E-state index in [0.717, 1.165) is 23.7 Å². The van der Waals surface area contributed by atoms with E-state index in [1.807, 2.05) is 42.1 Å². The van der Waals surface area contributed by atoms with Crippen LogP contribution in [0.5, 0.6) is 5.75 Å². The summed E-state index contributed by atoms with van der Waals surface area (Å²) in [5.41, 5.74) is 0.721. The molecule has 3 nitrogen and oxygen atoms in total. The molecule has 1 saturated carbocycles. The van der Waals surface area contributed by atoms with Crippen LogP contribution in [0.1, 0.15) is 44.1 Å². The summed E-state index contributed by atoms with van der Waals surface area (Å²) in [6.45, 7) is 0. The largest absolute Gasteiger partial charge is 0.507 e. The van der Waals surface area contributed by atoms with E-state index in [0.29, 0.717) is 17.7 Å². The number of aromatic hydroxyl groups is 1. The lowest BCUT2D eigenvalue weighted by Crippen LogP contribution is -2.30. The van der Waals surface area contributed by atoms with Gasteiger partial charge in [0.05, 0.1) is 5.56 Å². The van der Waals surface area contributed by atoms with E-state index in [1.54, 1.807) is 6.07 Å². The van der Waals surface area contributed by atoms with Gasteiger partial charge in [0.15, 0.2) is 0 Å². The first kappa shape index (κ1) is 20.1. The van der Waals surface area contributed by atoms with Crippen molar-refractivity contribution >= 4 is 11.8 Å². The molecule has 152 valence electrons. The number of allylic oxidation sites excluding steroid dienone is 3. The minimum Gasteiger partial charge on any atom is -0.507 e. The molecule has 2 aliphatic carbocycles. The summed E-state index contributed by atoms with van der Waals surface area (Å²) >= 11 is 1.93. The maximum absolute atomic E-state index is 12.8. The lowest BCUT2D eigenvalue weighted by atomic mass is 9.91. The van der Waals surface area contributed by atoms with E-state index in [-0.39, 0.29) is 10.5 Å². The second kappa shape index (κ2) is 9.08. The predicted octanol–water partition coefficient (Wildman–Crippen LogP) is 6.12. The highest BCUT2D eigenvalue weighted by molar-refractivity contribution is 8.00. The second-order valence-electron chi connectivity index (χ2n) is 8.18. The zero-order valence-electron chi connectivity index (χ0n) is 16.7. The SMILES string of the molecule is O=c1oc(-c2ccccc2)cc(O)c1CC1(SCC2CCCCC2)C=CC=CC1. The lowest BCUT2D eigenvalue weighted by molar-refractivity contribution is 0.390. The van der Waals surface area contributed by atoms with Crippen LogP contribution >= 0.6 is 11.8 Å². The summed E-state index contributed by atoms with van der Waals surface area (Å²) in [5.74, 6) is 2.29. The average molecular weight is 409 g/mol. The summed E-state index contributed by atoms with van der Waals surface area (Å²) in [5, 5.41) is 10.7. The molecule has 1 N–H and O–H groups in total. The van der Waals surface area contributed by atoms with Crippen molar-refractivity contribution in [3.05, 3.63) is 76.7 Å². The zero-order chi connectivity index (χ0) is 20.1. The maximum Gasteiger partial charge on any atom is 0.343 e. The second-order valence-corrected chi connectivity index (χ2v) is 9.61. The molecule has 1 aromatic carbocycles. The van der Waals surface area contributed by atoms with Crippen LogP contribution in [-0.2, 0) is 6.42 Å². The van der Waals surface area contributed by atoms with Gasteiger partial charge in [-0.05, 0) is 30.9 Å². The van der Waals surface area contributed by atoms with E-state index < -0.39 is 5.63 Å². The van der Waals surface area contributed by atoms with Gasteiger partial charge >= 0.3 is 5.63 Å². The molecule has 1 fully saturated rings. The quantitative estimate of drug-likeness (QED) is 0.625. The minimum atomic E-state index is -0.440. The van der Waals surface area contributed by atoms with Crippen LogP contribution < -0.4 is 5.63 Å². The average Bonchev–Trinajstić information content (AvgIpc) is 2.77. The van der Waals surface area contributed by atoms with Gasteiger partial charge in [0.25, 0.3) is 0 Å². The molecule has 4 rings (SSSR count). The van der Waals surface area contributed by atoms with Crippen molar-refractivity contribution < 1.29 is 9.52 Å². The molecular formula is C25H28O3S. The first-order valence-corrected chi connectivity index (χ1v) is 11.5. The van der Waals surface area contributed by atoms with Gasteiger partial charge in [-0.25, -0.2) is 4.79 Å². The van der Waals surface area contributed by atoms with Crippen molar-refractivity contribution in [1.82, 2.24) is 0 Å². The van der Waals surface area contributed by atoms with Crippen LogP contribution in [0.25, 0.3) is 11.3 Å². The predicted molar refractivity (Wildman–Crippen MR) is 120 cm³/mol. The number of hydrogen-bond donors (Lipinski definition) is 1. The lowest BCUT2D eigenvalue weighted by Gasteiger charge is -2.33. The normalized spacial score (nSPS) is 22.1. The van der Waals surface area contributed by atoms with E-state index in [1.165, 1.54) is 32.1 Å². The molecule has 0 amide bonds. The number of hydrogen-bond acceptors (Lipinski definition) is 4. The Morgan fingerprint density at radius 1 is 1.10 bits per heavy atom. The third-order valence-electron chi connectivity index (χ3n) is 6.00. The third kappa shape index (κ3) is 4.87. The molecule has 0 radical (unpaired) electrons. The molecule has 4 heteroatoms. The van der Waals surface area contributed by atoms with Crippen LogP contribution in [0.3, 0.4) is 0 Å². The van der Waals surface area contributed by atoms with Crippen molar-refractivity contribution in [2.24, 2.45) is 5.92 Å². The minimum absolute atomic E-state index is 0.0284. The zero-order valence-corrected chi connectivity index (χ0v) is 17.5. The van der Waals surface area contributed by atoms with Crippen molar-refractivity contribution in [2.75, 3.05) is 5.75 Å². The van der Waals surface area contributed by atoms with Gasteiger partial charge in [0.1, 0.15) is 11.5 Å². The van der Waals surface area contributed by atoms with E-state index in [4.69, 9.17) is 4.42 Å². The highest BCUT2D eigenvalue weighted by atomic mass is 32.2. The van der Waals surface area contributed by atoms with Crippen molar-refractivity contribution in [1.29, 1.82) is 0 Å². The maximum atomic E-state index is 12.8. The van der Waals surface area contributed by atoms with Crippen LogP contribution in [-0.4, -0.2) is 15.6 Å². The fraction of sp³-hybridized carbons (Fsp3) is 0.400. The molecule has 0 spiro atoms. The first-order chi connectivity index (χ1) is 14.2. The van der Waals surface area contributed by atoms with Gasteiger partial charge in [-0.2, -0.15) is 11.8 Å². The molecule has 1 heterocycles. The van der Waals surface area contributed by atoms with E-state index in [9.17, 15) is 9.90 Å². The molecule has 0 bridgehead atoms. The Balaban J connectivity index is 1.56. The Bertz CT molecular complexity index is 938. The highest BCUT2D eigenvalue weighted by Crippen LogP contribution is 2.41. The molecular weight excluding hydrogens is 380 g/mol. The molecule has 0 saturated heterocycles. The van der Waals surface area contributed by atoms with Crippen molar-refractivity contribution in [3.63, 3.8) is 0 Å². The third-order valence-corrected chi connectivity index (χ3v) is 7.66. The van der Waals surface area contributed by atoms with Gasteiger partial charge < -0.3 is 9.52 Å². The molecule has 2 aliphatic rings. The Morgan fingerprint density at radius 3 is 2.59 bits per heavy atom. The number of thioether (sulfide) groups is 1. The fourth-order valence-electron chi connectivity index (χ4n) is 4.29. The Morgan fingerprint density at radius 2 is 1.90 bits per heavy atom. The van der Waals surface area contributed by atoms with Crippen LogP contribution in [0, 0.1) is 5.92 Å². The van der Waals surface area contributed by atoms with Gasteiger partial charge in [0, 0.05) is 22.8 Å². The topological polar surface area (TPSA) is 50.4 Å². The first-order valence-electron chi connectivity index (χ1n) is 10.5. The Hall–Kier alpha value is -2.20. The van der Waals surface area contributed by atoms with Crippen molar-refractivity contribution in [3.8, 4) is 17.1 Å². The summed E-state index contributed by atoms with van der Waals surface area (Å²) in [6.07, 6.45) is 16.5. The smallest absolute Gasteiger partial charge is 0.343 e. The molecule has 2 aromatic rings. The summed E-state index contributed by atoms with van der Waals surface area (Å²) < 4.78 is 5.39. The molecule has 1 atom stereocenters. The van der Waals surface area contributed by atoms with Crippen LogP contribution in [0.2, 0.25) is 0 Å². The van der Waals surface area contributed by atoms with Gasteiger partial charge in [-0.3, -0.25) is 0 Å². The molecule has 1 aromatic heterocycles. The molecule has 1 unspecified atom stereocenters. The van der Waals surface area contributed by atoms with Crippen LogP contribution in [0.4, 0.5) is 0 Å². The Labute approximate surface area is 176 Å². The highest BCUT2D eigenvalue weighted by Gasteiger charge is 2.32. The number of rotatable bonds is 6. The Kier molecular flexibility index (Phi) is 6.29. The summed E-state index contributed by atoms with van der Waals surface area (Å²) in [7, 11) is 0. The molecule has 29 heavy (non-hydrogen) atoms. The monoisotopic (exact) mass is 408 g/mol. The molecule has 0 aliphatic heterocycles.